The number of H-pyrrole nitrogens is 1. The van der Waals surface area contributed by atoms with E-state index in [2.05, 4.69) is 15.8 Å². The van der Waals surface area contributed by atoms with Gasteiger partial charge < -0.3 is 4.98 Å². The van der Waals surface area contributed by atoms with Gasteiger partial charge in [0.2, 0.25) is 5.91 Å². The molecule has 3 N–H and O–H groups in total. The van der Waals surface area contributed by atoms with Crippen LogP contribution in [-0.2, 0) is 4.79 Å². The van der Waals surface area contributed by atoms with Crippen molar-refractivity contribution in [2.24, 2.45) is 17.8 Å². The monoisotopic (exact) mass is 261 g/mol. The fourth-order valence-electron chi connectivity index (χ4n) is 3.58. The Hall–Kier alpha value is -1.78. The van der Waals surface area contributed by atoms with Gasteiger partial charge in [0.15, 0.2) is 0 Å². The molecule has 19 heavy (non-hydrogen) atoms. The lowest BCUT2D eigenvalue weighted by Crippen LogP contribution is -2.42. The Labute approximate surface area is 112 Å². The summed E-state index contributed by atoms with van der Waals surface area (Å²) < 4.78 is 0. The van der Waals surface area contributed by atoms with Crippen molar-refractivity contribution < 1.29 is 9.59 Å². The van der Waals surface area contributed by atoms with Crippen LogP contribution in [0.25, 0.3) is 0 Å². The van der Waals surface area contributed by atoms with Crippen molar-refractivity contribution in [3.05, 3.63) is 24.0 Å². The first-order valence-corrected chi connectivity index (χ1v) is 6.95. The quantitative estimate of drug-likeness (QED) is 0.723. The lowest BCUT2D eigenvalue weighted by molar-refractivity contribution is -0.123. The van der Waals surface area contributed by atoms with Crippen LogP contribution in [0.1, 0.15) is 42.6 Å². The maximum absolute atomic E-state index is 11.8. The molecule has 5 nitrogen and oxygen atoms in total. The van der Waals surface area contributed by atoms with Gasteiger partial charge >= 0.3 is 0 Å². The fraction of sp³-hybridized carbons (Fsp3) is 0.571. The molecule has 5 heteroatoms. The van der Waals surface area contributed by atoms with Gasteiger partial charge in [-0.3, -0.25) is 20.4 Å². The topological polar surface area (TPSA) is 74.0 Å². The SMILES string of the molecule is O=C(C[C@@H]1C[C@H]2CC[C@@H]1C2)NNC(=O)c1ccc[nH]1. The van der Waals surface area contributed by atoms with E-state index in [-0.39, 0.29) is 11.8 Å². The first-order chi connectivity index (χ1) is 9.22. The molecule has 2 saturated carbocycles. The third-order valence-corrected chi connectivity index (χ3v) is 4.49. The first kappa shape index (κ1) is 12.3. The fourth-order valence-corrected chi connectivity index (χ4v) is 3.58. The summed E-state index contributed by atoms with van der Waals surface area (Å²) in [6, 6.07) is 3.41. The molecule has 1 aromatic rings. The molecule has 2 bridgehead atoms. The van der Waals surface area contributed by atoms with Gasteiger partial charge in [-0.15, -0.1) is 0 Å². The molecule has 0 radical (unpaired) electrons. The zero-order valence-electron chi connectivity index (χ0n) is 10.8. The second kappa shape index (κ2) is 5.07. The molecular formula is C14H19N3O2. The number of carbonyl (C=O) groups is 2. The molecule has 0 spiro atoms. The lowest BCUT2D eigenvalue weighted by atomic mass is 9.86. The largest absolute Gasteiger partial charge is 0.357 e. The molecule has 0 saturated heterocycles. The first-order valence-electron chi connectivity index (χ1n) is 6.95. The Morgan fingerprint density at radius 3 is 2.79 bits per heavy atom. The van der Waals surface area contributed by atoms with Crippen LogP contribution in [0, 0.1) is 17.8 Å². The van der Waals surface area contributed by atoms with Crippen molar-refractivity contribution in [3.63, 3.8) is 0 Å². The van der Waals surface area contributed by atoms with E-state index in [0.29, 0.717) is 18.0 Å². The molecule has 1 aromatic heterocycles. The van der Waals surface area contributed by atoms with E-state index < -0.39 is 0 Å². The Morgan fingerprint density at radius 1 is 1.26 bits per heavy atom. The number of fused-ring (bicyclic) bond motifs is 2. The summed E-state index contributed by atoms with van der Waals surface area (Å²) in [7, 11) is 0. The van der Waals surface area contributed by atoms with Crippen molar-refractivity contribution >= 4 is 11.8 Å². The highest BCUT2D eigenvalue weighted by Crippen LogP contribution is 2.49. The van der Waals surface area contributed by atoms with Gasteiger partial charge in [-0.05, 0) is 49.1 Å². The molecule has 2 fully saturated rings. The Morgan fingerprint density at radius 2 is 2.16 bits per heavy atom. The van der Waals surface area contributed by atoms with Crippen LogP contribution < -0.4 is 10.9 Å². The minimum atomic E-state index is -0.314. The molecule has 2 aliphatic carbocycles. The summed E-state index contributed by atoms with van der Waals surface area (Å²) in [6.07, 6.45) is 7.30. The van der Waals surface area contributed by atoms with Crippen LogP contribution in [0.2, 0.25) is 0 Å². The molecule has 0 aromatic carbocycles. The highest BCUT2D eigenvalue weighted by molar-refractivity contribution is 5.93. The molecule has 2 amide bonds. The number of hydrogen-bond acceptors (Lipinski definition) is 2. The van der Waals surface area contributed by atoms with Crippen LogP contribution in [0.15, 0.2) is 18.3 Å². The second-order valence-corrected chi connectivity index (χ2v) is 5.73. The number of carbonyl (C=O) groups excluding carboxylic acids is 2. The maximum atomic E-state index is 11.8. The number of hydrogen-bond donors (Lipinski definition) is 3. The molecule has 3 atom stereocenters. The van der Waals surface area contributed by atoms with Gasteiger partial charge in [0.1, 0.15) is 5.69 Å². The number of amides is 2. The summed E-state index contributed by atoms with van der Waals surface area (Å²) >= 11 is 0. The average molecular weight is 261 g/mol. The van der Waals surface area contributed by atoms with E-state index >= 15 is 0 Å². The van der Waals surface area contributed by atoms with E-state index in [9.17, 15) is 9.59 Å². The van der Waals surface area contributed by atoms with Crippen LogP contribution in [0.3, 0.4) is 0 Å². The number of aromatic nitrogens is 1. The van der Waals surface area contributed by atoms with Crippen molar-refractivity contribution in [1.29, 1.82) is 0 Å². The van der Waals surface area contributed by atoms with Gasteiger partial charge in [-0.25, -0.2) is 0 Å². The van der Waals surface area contributed by atoms with Crippen LogP contribution in [0.4, 0.5) is 0 Å². The Balaban J connectivity index is 1.43. The van der Waals surface area contributed by atoms with Crippen molar-refractivity contribution in [2.45, 2.75) is 32.1 Å². The molecule has 3 rings (SSSR count). The summed E-state index contributed by atoms with van der Waals surface area (Å²) in [5, 5.41) is 0. The van der Waals surface area contributed by atoms with Crippen molar-refractivity contribution in [3.8, 4) is 0 Å². The van der Waals surface area contributed by atoms with Crippen molar-refractivity contribution in [1.82, 2.24) is 15.8 Å². The minimum absolute atomic E-state index is 0.0857. The smallest absolute Gasteiger partial charge is 0.286 e. The number of rotatable bonds is 3. The van der Waals surface area contributed by atoms with Crippen LogP contribution in [0.5, 0.6) is 0 Å². The van der Waals surface area contributed by atoms with E-state index in [4.69, 9.17) is 0 Å². The molecule has 2 aliphatic rings. The summed E-state index contributed by atoms with van der Waals surface area (Å²) in [5.41, 5.74) is 5.38. The third-order valence-electron chi connectivity index (χ3n) is 4.49. The predicted octanol–water partition coefficient (Wildman–Crippen LogP) is 1.60. The average Bonchev–Trinajstić information content (AvgIpc) is 3.12. The van der Waals surface area contributed by atoms with Gasteiger partial charge in [0, 0.05) is 12.6 Å². The van der Waals surface area contributed by atoms with Crippen LogP contribution in [-0.4, -0.2) is 16.8 Å². The number of aromatic amines is 1. The van der Waals surface area contributed by atoms with Gasteiger partial charge in [0.05, 0.1) is 0 Å². The minimum Gasteiger partial charge on any atom is -0.357 e. The van der Waals surface area contributed by atoms with Crippen molar-refractivity contribution in [2.75, 3.05) is 0 Å². The van der Waals surface area contributed by atoms with E-state index in [1.807, 2.05) is 0 Å². The van der Waals surface area contributed by atoms with E-state index in [1.54, 1.807) is 18.3 Å². The second-order valence-electron chi connectivity index (χ2n) is 5.73. The summed E-state index contributed by atoms with van der Waals surface area (Å²) in [6.45, 7) is 0. The summed E-state index contributed by atoms with van der Waals surface area (Å²) in [4.78, 5) is 26.2. The molecule has 0 unspecified atom stereocenters. The molecule has 102 valence electrons. The molecule has 0 aliphatic heterocycles. The Bertz CT molecular complexity index is 469. The normalized spacial score (nSPS) is 28.3. The standard InChI is InChI=1S/C14H19N3O2/c18-13(8-11-7-9-3-4-10(11)6-9)16-17-14(19)12-2-1-5-15-12/h1-2,5,9-11,15H,3-4,6-8H2,(H,16,18)(H,17,19)/t9-,10+,11-/m0/s1. The molecular weight excluding hydrogens is 242 g/mol. The highest BCUT2D eigenvalue weighted by atomic mass is 16.2. The van der Waals surface area contributed by atoms with E-state index in [0.717, 1.165) is 11.8 Å². The van der Waals surface area contributed by atoms with Gasteiger partial charge in [0.25, 0.3) is 5.91 Å². The van der Waals surface area contributed by atoms with Gasteiger partial charge in [-0.1, -0.05) is 6.42 Å². The zero-order chi connectivity index (χ0) is 13.2. The highest BCUT2D eigenvalue weighted by Gasteiger charge is 2.40. The summed E-state index contributed by atoms with van der Waals surface area (Å²) in [5.74, 6) is 1.69. The third kappa shape index (κ3) is 2.64. The molecule has 1 heterocycles. The zero-order valence-corrected chi connectivity index (χ0v) is 10.8. The van der Waals surface area contributed by atoms with Crippen LogP contribution >= 0.6 is 0 Å². The maximum Gasteiger partial charge on any atom is 0.286 e. The predicted molar refractivity (Wildman–Crippen MR) is 70.0 cm³/mol. The van der Waals surface area contributed by atoms with Gasteiger partial charge in [-0.2, -0.15) is 0 Å². The van der Waals surface area contributed by atoms with E-state index in [1.165, 1.54) is 25.7 Å². The lowest BCUT2D eigenvalue weighted by Gasteiger charge is -2.20. The Kier molecular flexibility index (Phi) is 3.27. The number of hydrazine groups is 1. The number of nitrogens with one attached hydrogen (secondary N) is 3.